The molecule has 96 valence electrons. The van der Waals surface area contributed by atoms with Crippen LogP contribution in [-0.4, -0.2) is 24.5 Å². The highest BCUT2D eigenvalue weighted by molar-refractivity contribution is 5.94. The molecule has 1 aliphatic rings. The predicted octanol–water partition coefficient (Wildman–Crippen LogP) is 3.30. The van der Waals surface area contributed by atoms with Crippen LogP contribution in [0.25, 0.3) is 0 Å². The number of para-hydroxylation sites is 1. The third kappa shape index (κ3) is 2.08. The molecule has 2 aromatic carbocycles. The number of urea groups is 1. The van der Waals surface area contributed by atoms with E-state index >= 15 is 0 Å². The van der Waals surface area contributed by atoms with Gasteiger partial charge in [0.1, 0.15) is 0 Å². The standard InChI is InChI=1S/C16H16N2O/c1-17-15(13-8-4-2-5-9-13)12-18(16(17)19)14-10-6-3-7-11-14/h2-11,15H,12H2,1H3. The number of benzene rings is 2. The zero-order valence-corrected chi connectivity index (χ0v) is 10.9. The minimum atomic E-state index is 0.0556. The lowest BCUT2D eigenvalue weighted by Gasteiger charge is -2.17. The molecule has 1 aliphatic heterocycles. The Morgan fingerprint density at radius 2 is 1.53 bits per heavy atom. The summed E-state index contributed by atoms with van der Waals surface area (Å²) >= 11 is 0. The summed E-state index contributed by atoms with van der Waals surface area (Å²) in [5.74, 6) is 0. The van der Waals surface area contributed by atoms with Crippen LogP contribution in [0.15, 0.2) is 60.7 Å². The van der Waals surface area contributed by atoms with Crippen LogP contribution in [0.5, 0.6) is 0 Å². The fourth-order valence-electron chi connectivity index (χ4n) is 2.53. The molecule has 0 radical (unpaired) electrons. The third-order valence-corrected chi connectivity index (χ3v) is 3.61. The number of likely N-dealkylation sites (N-methyl/N-ethyl adjacent to an activating group) is 1. The number of carbonyl (C=O) groups is 1. The van der Waals surface area contributed by atoms with Gasteiger partial charge in [0.15, 0.2) is 0 Å². The van der Waals surface area contributed by atoms with Gasteiger partial charge in [0.05, 0.1) is 12.6 Å². The Kier molecular flexibility index (Phi) is 2.95. The van der Waals surface area contributed by atoms with Gasteiger partial charge in [0.25, 0.3) is 0 Å². The van der Waals surface area contributed by atoms with E-state index in [1.165, 1.54) is 5.56 Å². The summed E-state index contributed by atoms with van der Waals surface area (Å²) in [6.45, 7) is 0.698. The maximum absolute atomic E-state index is 12.3. The minimum absolute atomic E-state index is 0.0556. The molecule has 0 saturated carbocycles. The molecule has 19 heavy (non-hydrogen) atoms. The molecule has 0 aromatic heterocycles. The van der Waals surface area contributed by atoms with E-state index in [2.05, 4.69) is 12.1 Å². The van der Waals surface area contributed by atoms with E-state index in [1.54, 1.807) is 0 Å². The SMILES string of the molecule is CN1C(=O)N(c2ccccc2)CC1c1ccccc1. The number of anilines is 1. The first kappa shape index (κ1) is 11.8. The molecule has 3 rings (SSSR count). The normalized spacial score (nSPS) is 19.0. The van der Waals surface area contributed by atoms with Crippen LogP contribution in [0, 0.1) is 0 Å². The Labute approximate surface area is 113 Å². The Morgan fingerprint density at radius 1 is 0.947 bits per heavy atom. The number of hydrogen-bond acceptors (Lipinski definition) is 1. The molecule has 3 heteroatoms. The highest BCUT2D eigenvalue weighted by Gasteiger charge is 2.35. The molecule has 1 unspecified atom stereocenters. The third-order valence-electron chi connectivity index (χ3n) is 3.61. The van der Waals surface area contributed by atoms with Gasteiger partial charge in [-0.1, -0.05) is 48.5 Å². The Balaban J connectivity index is 1.90. The summed E-state index contributed by atoms with van der Waals surface area (Å²) in [7, 11) is 1.86. The summed E-state index contributed by atoms with van der Waals surface area (Å²) < 4.78 is 0. The molecule has 0 N–H and O–H groups in total. The molecule has 0 aliphatic carbocycles. The molecule has 1 fully saturated rings. The van der Waals surface area contributed by atoms with Crippen LogP contribution in [0.3, 0.4) is 0 Å². The van der Waals surface area contributed by atoms with Crippen LogP contribution in [0.1, 0.15) is 11.6 Å². The Bertz CT molecular complexity index is 568. The largest absolute Gasteiger partial charge is 0.324 e. The monoisotopic (exact) mass is 252 g/mol. The minimum Gasteiger partial charge on any atom is -0.319 e. The van der Waals surface area contributed by atoms with E-state index in [0.717, 1.165) is 5.69 Å². The highest BCUT2D eigenvalue weighted by atomic mass is 16.2. The van der Waals surface area contributed by atoms with Gasteiger partial charge < -0.3 is 4.90 Å². The summed E-state index contributed by atoms with van der Waals surface area (Å²) in [6, 6.07) is 20.2. The molecule has 3 nitrogen and oxygen atoms in total. The quantitative estimate of drug-likeness (QED) is 0.804. The van der Waals surface area contributed by atoms with Gasteiger partial charge in [0, 0.05) is 12.7 Å². The summed E-state index contributed by atoms with van der Waals surface area (Å²) in [5, 5.41) is 0. The van der Waals surface area contributed by atoms with E-state index in [-0.39, 0.29) is 12.1 Å². The number of hydrogen-bond donors (Lipinski definition) is 0. The van der Waals surface area contributed by atoms with Crippen LogP contribution >= 0.6 is 0 Å². The van der Waals surface area contributed by atoms with Crippen molar-refractivity contribution in [1.82, 2.24) is 4.90 Å². The van der Waals surface area contributed by atoms with Gasteiger partial charge >= 0.3 is 6.03 Å². The lowest BCUT2D eigenvalue weighted by Crippen LogP contribution is -2.29. The maximum atomic E-state index is 12.3. The second-order valence-electron chi connectivity index (χ2n) is 4.77. The molecule has 0 bridgehead atoms. The van der Waals surface area contributed by atoms with Gasteiger partial charge in [-0.05, 0) is 17.7 Å². The van der Waals surface area contributed by atoms with Crippen molar-refractivity contribution in [2.24, 2.45) is 0 Å². The van der Waals surface area contributed by atoms with Crippen LogP contribution in [0.2, 0.25) is 0 Å². The molecular weight excluding hydrogens is 236 g/mol. The van der Waals surface area contributed by atoms with E-state index in [0.29, 0.717) is 6.54 Å². The number of carbonyl (C=O) groups excluding carboxylic acids is 1. The van der Waals surface area contributed by atoms with Crippen molar-refractivity contribution in [3.63, 3.8) is 0 Å². The molecule has 1 saturated heterocycles. The van der Waals surface area contributed by atoms with Gasteiger partial charge in [-0.3, -0.25) is 4.90 Å². The van der Waals surface area contributed by atoms with Crippen molar-refractivity contribution in [2.45, 2.75) is 6.04 Å². The van der Waals surface area contributed by atoms with E-state index in [9.17, 15) is 4.79 Å². The average Bonchev–Trinajstić information content (AvgIpc) is 2.77. The zero-order chi connectivity index (χ0) is 13.2. The first-order valence-electron chi connectivity index (χ1n) is 6.41. The fourth-order valence-corrected chi connectivity index (χ4v) is 2.53. The zero-order valence-electron chi connectivity index (χ0n) is 10.9. The Hall–Kier alpha value is -2.29. The van der Waals surface area contributed by atoms with Crippen molar-refractivity contribution in [2.75, 3.05) is 18.5 Å². The second kappa shape index (κ2) is 4.76. The molecule has 2 amide bonds. The van der Waals surface area contributed by atoms with Crippen LogP contribution < -0.4 is 4.90 Å². The maximum Gasteiger partial charge on any atom is 0.324 e. The predicted molar refractivity (Wildman–Crippen MR) is 76.1 cm³/mol. The number of amides is 2. The molecule has 1 heterocycles. The summed E-state index contributed by atoms with van der Waals surface area (Å²) in [4.78, 5) is 16.0. The van der Waals surface area contributed by atoms with Gasteiger partial charge in [-0.25, -0.2) is 4.79 Å². The van der Waals surface area contributed by atoms with Crippen molar-refractivity contribution < 1.29 is 4.79 Å². The summed E-state index contributed by atoms with van der Waals surface area (Å²) in [6.07, 6.45) is 0. The van der Waals surface area contributed by atoms with Crippen LogP contribution in [0.4, 0.5) is 10.5 Å². The highest BCUT2D eigenvalue weighted by Crippen LogP contribution is 2.31. The summed E-state index contributed by atoms with van der Waals surface area (Å²) in [5.41, 5.74) is 2.13. The van der Waals surface area contributed by atoms with Crippen molar-refractivity contribution in [3.05, 3.63) is 66.2 Å². The first-order valence-corrected chi connectivity index (χ1v) is 6.41. The lowest BCUT2D eigenvalue weighted by molar-refractivity contribution is 0.219. The van der Waals surface area contributed by atoms with Crippen molar-refractivity contribution in [1.29, 1.82) is 0 Å². The average molecular weight is 252 g/mol. The van der Waals surface area contributed by atoms with Gasteiger partial charge in [-0.2, -0.15) is 0 Å². The van der Waals surface area contributed by atoms with Crippen molar-refractivity contribution in [3.8, 4) is 0 Å². The lowest BCUT2D eigenvalue weighted by atomic mass is 10.1. The molecule has 1 atom stereocenters. The molecule has 2 aromatic rings. The number of rotatable bonds is 2. The first-order chi connectivity index (χ1) is 9.27. The second-order valence-corrected chi connectivity index (χ2v) is 4.77. The van der Waals surface area contributed by atoms with E-state index < -0.39 is 0 Å². The molecule has 0 spiro atoms. The van der Waals surface area contributed by atoms with E-state index in [4.69, 9.17) is 0 Å². The molecular formula is C16H16N2O. The number of nitrogens with zero attached hydrogens (tertiary/aromatic N) is 2. The van der Waals surface area contributed by atoms with Gasteiger partial charge in [0.2, 0.25) is 0 Å². The van der Waals surface area contributed by atoms with Gasteiger partial charge in [-0.15, -0.1) is 0 Å². The smallest absolute Gasteiger partial charge is 0.319 e. The Morgan fingerprint density at radius 3 is 2.16 bits per heavy atom. The fraction of sp³-hybridized carbons (Fsp3) is 0.188. The van der Waals surface area contributed by atoms with Crippen LogP contribution in [-0.2, 0) is 0 Å². The van der Waals surface area contributed by atoms with Crippen molar-refractivity contribution >= 4 is 11.7 Å². The topological polar surface area (TPSA) is 23.6 Å². The van der Waals surface area contributed by atoms with E-state index in [1.807, 2.05) is 65.4 Å².